The fraction of sp³-hybridized carbons (Fsp3) is 0.379. The van der Waals surface area contributed by atoms with Crippen molar-refractivity contribution in [2.24, 2.45) is 0 Å². The smallest absolute Gasteiger partial charge is 0.337 e. The van der Waals surface area contributed by atoms with Crippen LogP contribution in [0.4, 0.5) is 10.5 Å². The van der Waals surface area contributed by atoms with Gasteiger partial charge in [-0.05, 0) is 61.4 Å². The van der Waals surface area contributed by atoms with Gasteiger partial charge in [-0.3, -0.25) is 14.9 Å². The number of benzene rings is 2. The number of methoxy groups -OCH3 is 1. The molecule has 0 bridgehead atoms. The molecule has 1 saturated heterocycles. The SMILES string of the molecule is CCCCCCCCOc1ccc(/C=C2/C(=O)NC(=O)N(c3ccc(C(=O)OC)cc3)C2=O)cc1OCC. The summed E-state index contributed by atoms with van der Waals surface area (Å²) in [6.07, 6.45) is 8.33. The minimum absolute atomic E-state index is 0.201. The number of nitrogens with zero attached hydrogens (tertiary/aromatic N) is 1. The lowest BCUT2D eigenvalue weighted by Crippen LogP contribution is -2.54. The van der Waals surface area contributed by atoms with E-state index in [4.69, 9.17) is 9.47 Å². The predicted octanol–water partition coefficient (Wildman–Crippen LogP) is 5.28. The molecule has 0 aliphatic carbocycles. The maximum atomic E-state index is 13.2. The maximum Gasteiger partial charge on any atom is 0.337 e. The molecule has 0 radical (unpaired) electrons. The molecule has 38 heavy (non-hydrogen) atoms. The molecule has 0 saturated carbocycles. The van der Waals surface area contributed by atoms with E-state index < -0.39 is 23.8 Å². The molecule has 202 valence electrons. The summed E-state index contributed by atoms with van der Waals surface area (Å²) in [6, 6.07) is 10.0. The molecule has 3 rings (SSSR count). The van der Waals surface area contributed by atoms with Crippen LogP contribution in [-0.4, -0.2) is 44.1 Å². The third kappa shape index (κ3) is 7.21. The van der Waals surface area contributed by atoms with Crippen molar-refractivity contribution in [3.8, 4) is 11.5 Å². The molecule has 1 N–H and O–H groups in total. The predicted molar refractivity (Wildman–Crippen MR) is 143 cm³/mol. The second-order valence-corrected chi connectivity index (χ2v) is 8.75. The number of hydrogen-bond acceptors (Lipinski definition) is 7. The quantitative estimate of drug-likeness (QED) is 0.165. The number of barbiturate groups is 1. The lowest BCUT2D eigenvalue weighted by molar-refractivity contribution is -0.122. The average Bonchev–Trinajstić information content (AvgIpc) is 2.91. The van der Waals surface area contributed by atoms with E-state index in [1.54, 1.807) is 18.2 Å². The number of rotatable bonds is 13. The molecule has 0 unspecified atom stereocenters. The molecule has 1 fully saturated rings. The topological polar surface area (TPSA) is 111 Å². The van der Waals surface area contributed by atoms with Gasteiger partial charge in [-0.25, -0.2) is 14.5 Å². The molecule has 2 aromatic rings. The summed E-state index contributed by atoms with van der Waals surface area (Å²) in [6.45, 7) is 5.03. The average molecular weight is 523 g/mol. The Bertz CT molecular complexity index is 1190. The van der Waals surface area contributed by atoms with Crippen LogP contribution in [0.15, 0.2) is 48.0 Å². The van der Waals surface area contributed by atoms with E-state index in [1.807, 2.05) is 6.92 Å². The van der Waals surface area contributed by atoms with Crippen LogP contribution in [-0.2, 0) is 14.3 Å². The first kappa shape index (κ1) is 28.4. The first-order valence-electron chi connectivity index (χ1n) is 12.9. The van der Waals surface area contributed by atoms with Gasteiger partial charge in [0, 0.05) is 0 Å². The summed E-state index contributed by atoms with van der Waals surface area (Å²) in [4.78, 5) is 50.8. The van der Waals surface area contributed by atoms with Gasteiger partial charge in [-0.15, -0.1) is 0 Å². The van der Waals surface area contributed by atoms with Crippen molar-refractivity contribution in [1.29, 1.82) is 0 Å². The summed E-state index contributed by atoms with van der Waals surface area (Å²) >= 11 is 0. The Morgan fingerprint density at radius 3 is 2.29 bits per heavy atom. The first-order chi connectivity index (χ1) is 18.4. The number of amides is 4. The van der Waals surface area contributed by atoms with Gasteiger partial charge in [0.1, 0.15) is 5.57 Å². The Morgan fingerprint density at radius 2 is 1.61 bits per heavy atom. The monoisotopic (exact) mass is 522 g/mol. The zero-order valence-electron chi connectivity index (χ0n) is 22.1. The van der Waals surface area contributed by atoms with E-state index in [-0.39, 0.29) is 16.8 Å². The summed E-state index contributed by atoms with van der Waals surface area (Å²) in [5, 5.41) is 2.19. The number of unbranched alkanes of at least 4 members (excludes halogenated alkanes) is 5. The molecule has 0 spiro atoms. The second-order valence-electron chi connectivity index (χ2n) is 8.75. The van der Waals surface area contributed by atoms with Crippen molar-refractivity contribution in [2.45, 2.75) is 52.4 Å². The highest BCUT2D eigenvalue weighted by Gasteiger charge is 2.36. The highest BCUT2D eigenvalue weighted by Crippen LogP contribution is 2.30. The van der Waals surface area contributed by atoms with Crippen LogP contribution in [0.25, 0.3) is 6.08 Å². The van der Waals surface area contributed by atoms with Gasteiger partial charge < -0.3 is 14.2 Å². The Balaban J connectivity index is 1.77. The van der Waals surface area contributed by atoms with Crippen molar-refractivity contribution < 1.29 is 33.4 Å². The standard InChI is InChI=1S/C29H34N2O7/c1-4-6-7-8-9-10-17-38-24-16-11-20(19-25(24)37-5-2)18-23-26(32)30-29(35)31(27(23)33)22-14-12-21(13-15-22)28(34)36-3/h11-16,18-19H,4-10,17H2,1-3H3,(H,30,32,35)/b23-18-. The zero-order chi connectivity index (χ0) is 27.5. The number of anilines is 1. The molecule has 1 aliphatic rings. The molecule has 9 heteroatoms. The van der Waals surface area contributed by atoms with E-state index in [9.17, 15) is 19.2 Å². The van der Waals surface area contributed by atoms with E-state index in [0.717, 1.165) is 17.7 Å². The molecule has 0 atom stereocenters. The van der Waals surface area contributed by atoms with Gasteiger partial charge in [0.2, 0.25) is 0 Å². The summed E-state index contributed by atoms with van der Waals surface area (Å²) < 4.78 is 16.3. The molecule has 1 aliphatic heterocycles. The Morgan fingerprint density at radius 1 is 0.895 bits per heavy atom. The number of ether oxygens (including phenoxy) is 3. The van der Waals surface area contributed by atoms with E-state index in [0.29, 0.717) is 30.3 Å². The highest BCUT2D eigenvalue weighted by atomic mass is 16.5. The number of hydrogen-bond donors (Lipinski definition) is 1. The van der Waals surface area contributed by atoms with Crippen LogP contribution in [0, 0.1) is 0 Å². The normalized spacial score (nSPS) is 14.4. The zero-order valence-corrected chi connectivity index (χ0v) is 22.1. The van der Waals surface area contributed by atoms with Crippen LogP contribution < -0.4 is 19.7 Å². The van der Waals surface area contributed by atoms with Gasteiger partial charge in [-0.1, -0.05) is 45.1 Å². The summed E-state index contributed by atoms with van der Waals surface area (Å²) in [5.74, 6) is -1.05. The van der Waals surface area contributed by atoms with E-state index >= 15 is 0 Å². The van der Waals surface area contributed by atoms with Crippen LogP contribution in [0.1, 0.15) is 68.3 Å². The second kappa shape index (κ2) is 14.0. The number of urea groups is 1. The molecule has 0 aromatic heterocycles. The first-order valence-corrected chi connectivity index (χ1v) is 12.9. The minimum Gasteiger partial charge on any atom is -0.490 e. The van der Waals surface area contributed by atoms with Crippen LogP contribution in [0.3, 0.4) is 0 Å². The fourth-order valence-corrected chi connectivity index (χ4v) is 3.99. The molecular formula is C29H34N2O7. The lowest BCUT2D eigenvalue weighted by atomic mass is 10.1. The summed E-state index contributed by atoms with van der Waals surface area (Å²) in [7, 11) is 1.26. The Hall–Kier alpha value is -4.14. The van der Waals surface area contributed by atoms with Crippen molar-refractivity contribution in [3.05, 3.63) is 59.2 Å². The van der Waals surface area contributed by atoms with Gasteiger partial charge >= 0.3 is 12.0 Å². The van der Waals surface area contributed by atoms with Crippen LogP contribution in [0.5, 0.6) is 11.5 Å². The number of nitrogens with one attached hydrogen (secondary N) is 1. The third-order valence-corrected chi connectivity index (χ3v) is 5.98. The van der Waals surface area contributed by atoms with E-state index in [2.05, 4.69) is 17.0 Å². The number of carbonyl (C=O) groups excluding carboxylic acids is 4. The van der Waals surface area contributed by atoms with Gasteiger partial charge in [0.05, 0.1) is 31.6 Å². The largest absolute Gasteiger partial charge is 0.490 e. The van der Waals surface area contributed by atoms with Crippen molar-refractivity contribution in [1.82, 2.24) is 5.32 Å². The van der Waals surface area contributed by atoms with Crippen LogP contribution >= 0.6 is 0 Å². The van der Waals surface area contributed by atoms with Crippen LogP contribution in [0.2, 0.25) is 0 Å². The maximum absolute atomic E-state index is 13.2. The molecule has 4 amide bonds. The highest BCUT2D eigenvalue weighted by molar-refractivity contribution is 6.39. The van der Waals surface area contributed by atoms with Gasteiger partial charge in [-0.2, -0.15) is 0 Å². The van der Waals surface area contributed by atoms with E-state index in [1.165, 1.54) is 63.1 Å². The number of carbonyl (C=O) groups is 4. The molecule has 2 aromatic carbocycles. The van der Waals surface area contributed by atoms with Gasteiger partial charge in [0.25, 0.3) is 11.8 Å². The Labute approximate surface area is 222 Å². The molecule has 1 heterocycles. The molecular weight excluding hydrogens is 488 g/mol. The summed E-state index contributed by atoms with van der Waals surface area (Å²) in [5.41, 5.74) is 0.779. The molecule has 9 nitrogen and oxygen atoms in total. The van der Waals surface area contributed by atoms with Crippen molar-refractivity contribution in [2.75, 3.05) is 25.2 Å². The number of esters is 1. The van der Waals surface area contributed by atoms with Gasteiger partial charge in [0.15, 0.2) is 11.5 Å². The fourth-order valence-electron chi connectivity index (χ4n) is 3.99. The Kier molecular flexibility index (Phi) is 10.5. The van der Waals surface area contributed by atoms with Crippen molar-refractivity contribution in [3.63, 3.8) is 0 Å². The third-order valence-electron chi connectivity index (χ3n) is 5.98. The lowest BCUT2D eigenvalue weighted by Gasteiger charge is -2.26. The number of imide groups is 2. The van der Waals surface area contributed by atoms with Crippen molar-refractivity contribution >= 4 is 35.6 Å². The minimum atomic E-state index is -0.878.